The van der Waals surface area contributed by atoms with Gasteiger partial charge in [0.25, 0.3) is 0 Å². The second-order valence-corrected chi connectivity index (χ2v) is 9.69. The van der Waals surface area contributed by atoms with Gasteiger partial charge in [0, 0.05) is 37.9 Å². The average Bonchev–Trinajstić information content (AvgIpc) is 2.94. The lowest BCUT2D eigenvalue weighted by Crippen LogP contribution is -2.41. The lowest BCUT2D eigenvalue weighted by molar-refractivity contribution is -0.133. The van der Waals surface area contributed by atoms with Gasteiger partial charge in [-0.1, -0.05) is 79.6 Å². The van der Waals surface area contributed by atoms with E-state index in [0.717, 1.165) is 68.6 Å². The number of rotatable bonds is 11. The molecule has 1 fully saturated rings. The Morgan fingerprint density at radius 3 is 2.11 bits per heavy atom. The molecule has 0 atom stereocenters. The highest BCUT2D eigenvalue weighted by Crippen LogP contribution is 2.30. The standard InChI is InChI=1S/C31H37N3O2/c35-29(18-17-28-16-8-10-21-32-28)33-22-9-7-11-25-19-23-34(24-20-25)31(36)30(26-12-3-1-4-13-26)27-14-5-2-6-15-27/h1-6,8,10,12-16,21,25,30H,7,9,11,17-20,22-24H2,(H,33,35). The van der Waals surface area contributed by atoms with Crippen LogP contribution >= 0.6 is 0 Å². The Morgan fingerprint density at radius 2 is 1.50 bits per heavy atom. The van der Waals surface area contributed by atoms with E-state index in [1.807, 2.05) is 54.6 Å². The third-order valence-electron chi connectivity index (χ3n) is 7.13. The van der Waals surface area contributed by atoms with E-state index in [4.69, 9.17) is 0 Å². The Morgan fingerprint density at radius 1 is 0.861 bits per heavy atom. The van der Waals surface area contributed by atoms with Crippen molar-refractivity contribution in [1.29, 1.82) is 0 Å². The van der Waals surface area contributed by atoms with Gasteiger partial charge in [-0.25, -0.2) is 0 Å². The Labute approximate surface area is 215 Å². The number of hydrogen-bond acceptors (Lipinski definition) is 3. The molecule has 4 rings (SSSR count). The van der Waals surface area contributed by atoms with E-state index < -0.39 is 0 Å². The van der Waals surface area contributed by atoms with Crippen LogP contribution in [0.25, 0.3) is 0 Å². The van der Waals surface area contributed by atoms with Gasteiger partial charge >= 0.3 is 0 Å². The van der Waals surface area contributed by atoms with E-state index in [9.17, 15) is 9.59 Å². The molecule has 2 heterocycles. The number of benzene rings is 2. The monoisotopic (exact) mass is 483 g/mol. The van der Waals surface area contributed by atoms with Crippen molar-refractivity contribution in [3.8, 4) is 0 Å². The van der Waals surface area contributed by atoms with E-state index in [0.29, 0.717) is 18.8 Å². The molecule has 0 bridgehead atoms. The molecule has 2 aromatic carbocycles. The first kappa shape index (κ1) is 25.6. The van der Waals surface area contributed by atoms with Crippen molar-refractivity contribution in [2.24, 2.45) is 5.92 Å². The van der Waals surface area contributed by atoms with Crippen molar-refractivity contribution in [3.05, 3.63) is 102 Å². The van der Waals surface area contributed by atoms with E-state index in [-0.39, 0.29) is 17.7 Å². The Bertz CT molecular complexity index is 1030. The molecule has 5 heteroatoms. The van der Waals surface area contributed by atoms with Crippen LogP contribution in [0.15, 0.2) is 85.1 Å². The zero-order valence-electron chi connectivity index (χ0n) is 21.0. The third-order valence-corrected chi connectivity index (χ3v) is 7.13. The molecule has 36 heavy (non-hydrogen) atoms. The van der Waals surface area contributed by atoms with E-state index in [1.54, 1.807) is 6.20 Å². The van der Waals surface area contributed by atoms with Gasteiger partial charge in [0.05, 0.1) is 5.92 Å². The molecule has 2 amide bonds. The number of pyridine rings is 1. The van der Waals surface area contributed by atoms with Crippen LogP contribution in [0.4, 0.5) is 0 Å². The van der Waals surface area contributed by atoms with Crippen LogP contribution in [-0.4, -0.2) is 41.3 Å². The number of aromatic nitrogens is 1. The van der Waals surface area contributed by atoms with Gasteiger partial charge in [-0.05, 0) is 54.9 Å². The summed E-state index contributed by atoms with van der Waals surface area (Å²) in [5.74, 6) is 0.712. The fourth-order valence-corrected chi connectivity index (χ4v) is 5.05. The van der Waals surface area contributed by atoms with Crippen molar-refractivity contribution in [2.45, 2.75) is 50.9 Å². The smallest absolute Gasteiger partial charge is 0.234 e. The SMILES string of the molecule is O=C(CCc1ccccn1)NCCCCC1CCN(C(=O)C(c2ccccc2)c2ccccc2)CC1. The van der Waals surface area contributed by atoms with Gasteiger partial charge < -0.3 is 10.2 Å². The second-order valence-electron chi connectivity index (χ2n) is 9.69. The van der Waals surface area contributed by atoms with Gasteiger partial charge in [0.15, 0.2) is 0 Å². The summed E-state index contributed by atoms with van der Waals surface area (Å²) in [6, 6.07) is 26.0. The molecule has 0 radical (unpaired) electrons. The van der Waals surface area contributed by atoms with Crippen LogP contribution in [-0.2, 0) is 16.0 Å². The Kier molecular flexibility index (Phi) is 9.66. The Hall–Kier alpha value is -3.47. The number of aryl methyl sites for hydroxylation is 1. The molecule has 5 nitrogen and oxygen atoms in total. The Balaban J connectivity index is 1.16. The van der Waals surface area contributed by atoms with Crippen LogP contribution in [0.5, 0.6) is 0 Å². The number of carbonyl (C=O) groups excluding carboxylic acids is 2. The van der Waals surface area contributed by atoms with Gasteiger partial charge in [-0.15, -0.1) is 0 Å². The van der Waals surface area contributed by atoms with Crippen molar-refractivity contribution in [1.82, 2.24) is 15.2 Å². The van der Waals surface area contributed by atoms with Gasteiger partial charge in [0.1, 0.15) is 0 Å². The third kappa shape index (κ3) is 7.51. The van der Waals surface area contributed by atoms with Crippen LogP contribution in [0.1, 0.15) is 61.3 Å². The molecule has 0 saturated carbocycles. The highest BCUT2D eigenvalue weighted by molar-refractivity contribution is 5.87. The molecule has 0 unspecified atom stereocenters. The molecule has 1 aliphatic heterocycles. The first-order valence-electron chi connectivity index (χ1n) is 13.3. The van der Waals surface area contributed by atoms with Crippen LogP contribution in [0.2, 0.25) is 0 Å². The van der Waals surface area contributed by atoms with Crippen LogP contribution in [0.3, 0.4) is 0 Å². The zero-order valence-corrected chi connectivity index (χ0v) is 21.0. The predicted octanol–water partition coefficient (Wildman–Crippen LogP) is 5.37. The summed E-state index contributed by atoms with van der Waals surface area (Å²) >= 11 is 0. The fourth-order valence-electron chi connectivity index (χ4n) is 5.05. The summed E-state index contributed by atoms with van der Waals surface area (Å²) in [6.07, 6.45) is 8.30. The summed E-state index contributed by atoms with van der Waals surface area (Å²) in [4.78, 5) is 32.0. The second kappa shape index (κ2) is 13.6. The summed E-state index contributed by atoms with van der Waals surface area (Å²) < 4.78 is 0. The minimum atomic E-state index is -0.245. The number of likely N-dealkylation sites (tertiary alicyclic amines) is 1. The average molecular weight is 484 g/mol. The van der Waals surface area contributed by atoms with Crippen molar-refractivity contribution >= 4 is 11.8 Å². The maximum Gasteiger partial charge on any atom is 0.234 e. The summed E-state index contributed by atoms with van der Waals surface area (Å²) in [6.45, 7) is 2.38. The molecule has 3 aromatic rings. The largest absolute Gasteiger partial charge is 0.356 e. The predicted molar refractivity (Wildman–Crippen MR) is 143 cm³/mol. The first-order valence-corrected chi connectivity index (χ1v) is 13.3. The molecule has 0 spiro atoms. The van der Waals surface area contributed by atoms with Crippen LogP contribution < -0.4 is 5.32 Å². The highest BCUT2D eigenvalue weighted by Gasteiger charge is 2.30. The molecule has 188 valence electrons. The molecular weight excluding hydrogens is 446 g/mol. The number of carbonyl (C=O) groups is 2. The number of hydrogen-bond donors (Lipinski definition) is 1. The maximum atomic E-state index is 13.6. The van der Waals surface area contributed by atoms with Gasteiger partial charge in [0.2, 0.25) is 11.8 Å². The number of nitrogens with zero attached hydrogens (tertiary/aromatic N) is 2. The number of piperidine rings is 1. The van der Waals surface area contributed by atoms with Gasteiger partial charge in [-0.2, -0.15) is 0 Å². The summed E-state index contributed by atoms with van der Waals surface area (Å²) in [5.41, 5.74) is 3.06. The molecular formula is C31H37N3O2. The topological polar surface area (TPSA) is 62.3 Å². The lowest BCUT2D eigenvalue weighted by Gasteiger charge is -2.34. The van der Waals surface area contributed by atoms with E-state index in [1.165, 1.54) is 0 Å². The van der Waals surface area contributed by atoms with Crippen molar-refractivity contribution in [2.75, 3.05) is 19.6 Å². The first-order chi connectivity index (χ1) is 17.7. The normalized spacial score (nSPS) is 14.1. The minimum absolute atomic E-state index is 0.0962. The molecule has 1 aliphatic rings. The summed E-state index contributed by atoms with van der Waals surface area (Å²) in [5, 5.41) is 3.04. The lowest BCUT2D eigenvalue weighted by atomic mass is 9.87. The van der Waals surface area contributed by atoms with E-state index in [2.05, 4.69) is 39.5 Å². The van der Waals surface area contributed by atoms with Gasteiger partial charge in [-0.3, -0.25) is 14.6 Å². The number of amides is 2. The molecule has 1 saturated heterocycles. The van der Waals surface area contributed by atoms with Crippen molar-refractivity contribution < 1.29 is 9.59 Å². The number of nitrogens with one attached hydrogen (secondary N) is 1. The number of unbranched alkanes of at least 4 members (excludes halogenated alkanes) is 1. The highest BCUT2D eigenvalue weighted by atomic mass is 16.2. The van der Waals surface area contributed by atoms with Crippen molar-refractivity contribution in [3.63, 3.8) is 0 Å². The maximum absolute atomic E-state index is 13.6. The van der Waals surface area contributed by atoms with E-state index >= 15 is 0 Å². The molecule has 1 aromatic heterocycles. The minimum Gasteiger partial charge on any atom is -0.356 e. The fraction of sp³-hybridized carbons (Fsp3) is 0.387. The summed E-state index contributed by atoms with van der Waals surface area (Å²) in [7, 11) is 0. The molecule has 1 N–H and O–H groups in total. The van der Waals surface area contributed by atoms with Crippen LogP contribution in [0, 0.1) is 5.92 Å². The zero-order chi connectivity index (χ0) is 25.0. The molecule has 0 aliphatic carbocycles. The quantitative estimate of drug-likeness (QED) is 0.373.